The van der Waals surface area contributed by atoms with Gasteiger partial charge in [-0.15, -0.1) is 0 Å². The summed E-state index contributed by atoms with van der Waals surface area (Å²) in [5, 5.41) is 9.70. The molecule has 0 aliphatic rings. The van der Waals surface area contributed by atoms with Crippen LogP contribution in [-0.4, -0.2) is 24.7 Å². The first-order valence-electron chi connectivity index (χ1n) is 6.30. The Balaban J connectivity index is 2.34. The maximum Gasteiger partial charge on any atom is 0.304 e. The Labute approximate surface area is 118 Å². The molecule has 4 nitrogen and oxygen atoms in total. The zero-order valence-electron chi connectivity index (χ0n) is 11.1. The third-order valence-electron chi connectivity index (χ3n) is 3.31. The lowest BCUT2D eigenvalue weighted by Crippen LogP contribution is -2.22. The second-order valence-corrected chi connectivity index (χ2v) is 7.27. The van der Waals surface area contributed by atoms with Crippen LogP contribution in [0.3, 0.4) is 0 Å². The molecule has 2 aromatic carbocycles. The molecule has 0 spiro atoms. The summed E-state index contributed by atoms with van der Waals surface area (Å²) in [5.74, 6) is -1.23. The van der Waals surface area contributed by atoms with Crippen LogP contribution in [0, 0.1) is 0 Å². The summed E-state index contributed by atoms with van der Waals surface area (Å²) in [7, 11) is -3.48. The topological polar surface area (TPSA) is 71.4 Å². The van der Waals surface area contributed by atoms with Gasteiger partial charge in [0.1, 0.15) is 0 Å². The number of rotatable bonds is 5. The van der Waals surface area contributed by atoms with Crippen molar-refractivity contribution in [2.45, 2.75) is 24.3 Å². The van der Waals surface area contributed by atoms with Crippen LogP contribution < -0.4 is 0 Å². The fourth-order valence-corrected chi connectivity index (χ4v) is 3.52. The van der Waals surface area contributed by atoms with Gasteiger partial charge in [-0.25, -0.2) is 8.42 Å². The number of hydrogen-bond acceptors (Lipinski definition) is 3. The highest BCUT2D eigenvalue weighted by Gasteiger charge is 2.24. The second-order valence-electron chi connectivity index (χ2n) is 4.85. The number of carboxylic acids is 1. The Hall–Kier alpha value is -1.88. The quantitative estimate of drug-likeness (QED) is 0.919. The average Bonchev–Trinajstić information content (AvgIpc) is 2.38. The van der Waals surface area contributed by atoms with Gasteiger partial charge < -0.3 is 5.11 Å². The van der Waals surface area contributed by atoms with Gasteiger partial charge in [-0.05, 0) is 23.3 Å². The van der Waals surface area contributed by atoms with E-state index >= 15 is 0 Å². The van der Waals surface area contributed by atoms with Crippen LogP contribution in [0.5, 0.6) is 0 Å². The molecule has 106 valence electrons. The summed E-state index contributed by atoms with van der Waals surface area (Å²) in [6.45, 7) is 1.44. The normalized spacial score (nSPS) is 13.2. The first-order chi connectivity index (χ1) is 9.40. The van der Waals surface area contributed by atoms with Crippen molar-refractivity contribution in [2.75, 3.05) is 0 Å². The molecular weight excluding hydrogens is 276 g/mol. The van der Waals surface area contributed by atoms with E-state index in [0.717, 1.165) is 10.8 Å². The van der Waals surface area contributed by atoms with E-state index in [2.05, 4.69) is 0 Å². The van der Waals surface area contributed by atoms with Crippen LogP contribution in [0.1, 0.15) is 18.9 Å². The third kappa shape index (κ3) is 3.17. The van der Waals surface area contributed by atoms with Crippen LogP contribution in [-0.2, 0) is 20.4 Å². The number of fused-ring (bicyclic) bond motifs is 1. The Morgan fingerprint density at radius 1 is 1.15 bits per heavy atom. The van der Waals surface area contributed by atoms with Gasteiger partial charge in [0.15, 0.2) is 9.84 Å². The van der Waals surface area contributed by atoms with E-state index < -0.39 is 21.1 Å². The molecule has 2 aromatic rings. The summed E-state index contributed by atoms with van der Waals surface area (Å²) in [6.07, 6.45) is -0.368. The van der Waals surface area contributed by atoms with Gasteiger partial charge in [-0.2, -0.15) is 0 Å². The molecular formula is C15H16O4S. The summed E-state index contributed by atoms with van der Waals surface area (Å²) in [6, 6.07) is 13.1. The number of aliphatic carboxylic acids is 1. The molecule has 0 aliphatic carbocycles. The number of carboxylic acid groups (broad SMARTS) is 1. The molecule has 0 aromatic heterocycles. The fourth-order valence-electron chi connectivity index (χ4n) is 2.15. The lowest BCUT2D eigenvalue weighted by molar-refractivity contribution is -0.136. The highest BCUT2D eigenvalue weighted by Crippen LogP contribution is 2.22. The first-order valence-corrected chi connectivity index (χ1v) is 8.01. The Morgan fingerprint density at radius 2 is 1.80 bits per heavy atom. The highest BCUT2D eigenvalue weighted by atomic mass is 32.2. The highest BCUT2D eigenvalue weighted by molar-refractivity contribution is 7.91. The minimum atomic E-state index is -3.48. The zero-order chi connectivity index (χ0) is 14.8. The summed E-state index contributed by atoms with van der Waals surface area (Å²) in [5.41, 5.74) is 0.709. The predicted octanol–water partition coefficient (Wildman–Crippen LogP) is 2.62. The van der Waals surface area contributed by atoms with Crippen LogP contribution in [0.25, 0.3) is 10.8 Å². The van der Waals surface area contributed by atoms with Crippen molar-refractivity contribution in [2.24, 2.45) is 0 Å². The molecule has 0 heterocycles. The molecule has 5 heteroatoms. The summed E-state index contributed by atoms with van der Waals surface area (Å²) >= 11 is 0. The maximum atomic E-state index is 12.2. The minimum absolute atomic E-state index is 0.136. The molecule has 0 aliphatic heterocycles. The molecule has 0 saturated heterocycles. The second kappa shape index (κ2) is 5.63. The SMILES string of the molecule is CC(CC(=O)O)S(=O)(=O)Cc1cccc2ccccc12. The van der Waals surface area contributed by atoms with Crippen LogP contribution in [0.2, 0.25) is 0 Å². The van der Waals surface area contributed by atoms with Crippen molar-refractivity contribution in [1.82, 2.24) is 0 Å². The molecule has 1 atom stereocenters. The summed E-state index contributed by atoms with van der Waals surface area (Å²) < 4.78 is 24.4. The summed E-state index contributed by atoms with van der Waals surface area (Å²) in [4.78, 5) is 10.7. The van der Waals surface area contributed by atoms with E-state index in [1.165, 1.54) is 6.92 Å². The average molecular weight is 292 g/mol. The van der Waals surface area contributed by atoms with E-state index in [1.807, 2.05) is 36.4 Å². The molecule has 1 N–H and O–H groups in total. The smallest absolute Gasteiger partial charge is 0.304 e. The Bertz CT molecular complexity index is 729. The van der Waals surface area contributed by atoms with Crippen molar-refractivity contribution in [3.8, 4) is 0 Å². The van der Waals surface area contributed by atoms with E-state index in [4.69, 9.17) is 5.11 Å². The van der Waals surface area contributed by atoms with Gasteiger partial charge in [0.25, 0.3) is 0 Å². The van der Waals surface area contributed by atoms with Gasteiger partial charge >= 0.3 is 5.97 Å². The fraction of sp³-hybridized carbons (Fsp3) is 0.267. The Kier molecular flexibility index (Phi) is 4.09. The van der Waals surface area contributed by atoms with Gasteiger partial charge in [0.2, 0.25) is 0 Å². The minimum Gasteiger partial charge on any atom is -0.481 e. The number of hydrogen-bond donors (Lipinski definition) is 1. The first kappa shape index (κ1) is 14.5. The van der Waals surface area contributed by atoms with Crippen LogP contribution in [0.15, 0.2) is 42.5 Å². The lowest BCUT2D eigenvalue weighted by Gasteiger charge is -2.12. The van der Waals surface area contributed by atoms with E-state index in [-0.39, 0.29) is 12.2 Å². The van der Waals surface area contributed by atoms with Crippen LogP contribution in [0.4, 0.5) is 0 Å². The Morgan fingerprint density at radius 3 is 2.50 bits per heavy atom. The van der Waals surface area contributed by atoms with E-state index in [0.29, 0.717) is 5.56 Å². The van der Waals surface area contributed by atoms with Gasteiger partial charge in [-0.3, -0.25) is 4.79 Å². The van der Waals surface area contributed by atoms with Gasteiger partial charge in [0.05, 0.1) is 17.4 Å². The molecule has 0 bridgehead atoms. The molecule has 0 radical (unpaired) electrons. The molecule has 1 unspecified atom stereocenters. The predicted molar refractivity (Wildman–Crippen MR) is 78.3 cm³/mol. The number of carbonyl (C=O) groups is 1. The standard InChI is InChI=1S/C15H16O4S/c1-11(9-15(16)17)20(18,19)10-13-7-4-6-12-5-2-3-8-14(12)13/h2-8,11H,9-10H2,1H3,(H,16,17). The number of sulfone groups is 1. The zero-order valence-corrected chi connectivity index (χ0v) is 11.9. The van der Waals surface area contributed by atoms with Crippen molar-refractivity contribution in [1.29, 1.82) is 0 Å². The molecule has 0 amide bonds. The lowest BCUT2D eigenvalue weighted by atomic mass is 10.1. The molecule has 20 heavy (non-hydrogen) atoms. The largest absolute Gasteiger partial charge is 0.481 e. The molecule has 0 saturated carbocycles. The van der Waals surface area contributed by atoms with Crippen molar-refractivity contribution in [3.05, 3.63) is 48.0 Å². The number of benzene rings is 2. The van der Waals surface area contributed by atoms with Gasteiger partial charge in [-0.1, -0.05) is 42.5 Å². The van der Waals surface area contributed by atoms with E-state index in [9.17, 15) is 13.2 Å². The van der Waals surface area contributed by atoms with E-state index in [1.54, 1.807) is 6.07 Å². The maximum absolute atomic E-state index is 12.2. The molecule has 2 rings (SSSR count). The van der Waals surface area contributed by atoms with Crippen LogP contribution >= 0.6 is 0 Å². The molecule has 0 fully saturated rings. The third-order valence-corrected chi connectivity index (χ3v) is 5.42. The van der Waals surface area contributed by atoms with Gasteiger partial charge in [0, 0.05) is 0 Å². The monoisotopic (exact) mass is 292 g/mol. The van der Waals surface area contributed by atoms with Crippen molar-refractivity contribution in [3.63, 3.8) is 0 Å². The van der Waals surface area contributed by atoms with Crippen molar-refractivity contribution >= 4 is 26.6 Å². The van der Waals surface area contributed by atoms with Crippen molar-refractivity contribution < 1.29 is 18.3 Å².